The summed E-state index contributed by atoms with van der Waals surface area (Å²) in [7, 11) is 0. The second kappa shape index (κ2) is 12.7. The number of aromatic nitrogens is 3. The van der Waals surface area contributed by atoms with Crippen molar-refractivity contribution in [3.63, 3.8) is 0 Å². The third kappa shape index (κ3) is 4.87. The molecule has 0 N–H and O–H groups in total. The van der Waals surface area contributed by atoms with Gasteiger partial charge in [0.2, 0.25) is 0 Å². The standard InChI is InChI=1S/C55H35N3S/c1-2-13-36(14-3-1)51-52(57-55-53(56-51)44-19-9-11-21-47(44)59-55)37-25-22-33(23-26-37)34-28-30-39(31-29-34)58-46-20-10-8-18-43(46)50-42-17-7-6-16-41(42)49-45(54(50)58)32-38-27-24-35-12-4-5-15-40(35)48(38)49/h1-25,27-31,37H,26,32H2. The summed E-state index contributed by atoms with van der Waals surface area (Å²) in [6, 6.07) is 59.8. The van der Waals surface area contributed by atoms with E-state index in [4.69, 9.17) is 9.97 Å². The maximum Gasteiger partial charge on any atom is 0.143 e. The van der Waals surface area contributed by atoms with E-state index in [9.17, 15) is 0 Å². The number of benzene rings is 8. The minimum absolute atomic E-state index is 0.131. The van der Waals surface area contributed by atoms with E-state index in [1.54, 1.807) is 11.3 Å². The molecule has 1 unspecified atom stereocenters. The Bertz CT molecular complexity index is 3610. The normalized spacial score (nSPS) is 14.8. The fraction of sp³-hybridized carbons (Fsp3) is 0.0545. The Hall–Kier alpha value is -7.14. The molecule has 276 valence electrons. The number of allylic oxidation sites excluding steroid dienone is 4. The smallest absolute Gasteiger partial charge is 0.143 e. The maximum atomic E-state index is 5.34. The van der Waals surface area contributed by atoms with Crippen LogP contribution in [0.2, 0.25) is 0 Å². The summed E-state index contributed by atoms with van der Waals surface area (Å²) in [6.07, 6.45) is 8.78. The molecule has 11 aromatic rings. The van der Waals surface area contributed by atoms with Gasteiger partial charge in [0, 0.05) is 44.4 Å². The molecular formula is C55H35N3S. The highest BCUT2D eigenvalue weighted by molar-refractivity contribution is 7.25. The Morgan fingerprint density at radius 1 is 0.576 bits per heavy atom. The lowest BCUT2D eigenvalue weighted by molar-refractivity contribution is 0.822. The highest BCUT2D eigenvalue weighted by Crippen LogP contribution is 2.51. The zero-order chi connectivity index (χ0) is 38.6. The SMILES string of the molecule is C1=CC(c2nc3sc4ccccc4c3nc2-c2ccccc2)CC=C1c1ccc(-n2c3ccccc3c3c4ccccc4c4c(c32)Cc2ccc3ccccc3c2-4)cc1. The van der Waals surface area contributed by atoms with Gasteiger partial charge in [0.1, 0.15) is 10.3 Å². The third-order valence-electron chi connectivity index (χ3n) is 12.8. The molecule has 59 heavy (non-hydrogen) atoms. The van der Waals surface area contributed by atoms with Crippen molar-refractivity contribution in [3.8, 4) is 28.1 Å². The zero-order valence-corrected chi connectivity index (χ0v) is 32.9. The van der Waals surface area contributed by atoms with Gasteiger partial charge in [0.05, 0.1) is 22.4 Å². The first-order valence-electron chi connectivity index (χ1n) is 20.5. The van der Waals surface area contributed by atoms with Crippen molar-refractivity contribution in [2.24, 2.45) is 0 Å². The molecule has 2 aliphatic rings. The van der Waals surface area contributed by atoms with Crippen LogP contribution in [0.5, 0.6) is 0 Å². The van der Waals surface area contributed by atoms with Gasteiger partial charge in [-0.3, -0.25) is 0 Å². The van der Waals surface area contributed by atoms with E-state index in [-0.39, 0.29) is 5.92 Å². The highest BCUT2D eigenvalue weighted by Gasteiger charge is 2.30. The van der Waals surface area contributed by atoms with Crippen LogP contribution < -0.4 is 0 Å². The van der Waals surface area contributed by atoms with Crippen molar-refractivity contribution < 1.29 is 0 Å². The van der Waals surface area contributed by atoms with E-state index >= 15 is 0 Å². The van der Waals surface area contributed by atoms with Gasteiger partial charge in [0.15, 0.2) is 0 Å². The largest absolute Gasteiger partial charge is 0.309 e. The maximum absolute atomic E-state index is 5.34. The zero-order valence-electron chi connectivity index (χ0n) is 32.1. The summed E-state index contributed by atoms with van der Waals surface area (Å²) in [5.41, 5.74) is 15.9. The summed E-state index contributed by atoms with van der Waals surface area (Å²) in [4.78, 5) is 11.7. The van der Waals surface area contributed by atoms with Gasteiger partial charge in [-0.25, -0.2) is 9.97 Å². The Morgan fingerprint density at radius 3 is 2.14 bits per heavy atom. The molecule has 4 heteroatoms. The van der Waals surface area contributed by atoms with Gasteiger partial charge < -0.3 is 4.57 Å². The third-order valence-corrected chi connectivity index (χ3v) is 13.8. The average Bonchev–Trinajstić information content (AvgIpc) is 3.99. The second-order valence-electron chi connectivity index (χ2n) is 16.0. The van der Waals surface area contributed by atoms with E-state index in [2.05, 4.69) is 187 Å². The van der Waals surface area contributed by atoms with Crippen LogP contribution in [0.15, 0.2) is 182 Å². The van der Waals surface area contributed by atoms with Crippen molar-refractivity contribution >= 4 is 80.7 Å². The van der Waals surface area contributed by atoms with Gasteiger partial charge in [-0.2, -0.15) is 0 Å². The molecule has 1 atom stereocenters. The molecule has 0 fully saturated rings. The molecule has 0 amide bonds. The van der Waals surface area contributed by atoms with Crippen LogP contribution in [0.25, 0.3) is 97.4 Å². The van der Waals surface area contributed by atoms with E-state index in [1.807, 2.05) is 0 Å². The lowest BCUT2D eigenvalue weighted by atomic mass is 9.89. The Balaban J connectivity index is 0.914. The van der Waals surface area contributed by atoms with Crippen LogP contribution in [-0.2, 0) is 6.42 Å². The van der Waals surface area contributed by atoms with Crippen LogP contribution in [0.1, 0.15) is 34.7 Å². The summed E-state index contributed by atoms with van der Waals surface area (Å²) in [5, 5.41) is 9.08. The molecular weight excluding hydrogens is 735 g/mol. The number of hydrogen-bond donors (Lipinski definition) is 0. The first kappa shape index (κ1) is 32.9. The molecule has 0 radical (unpaired) electrons. The Morgan fingerprint density at radius 2 is 1.31 bits per heavy atom. The fourth-order valence-corrected chi connectivity index (χ4v) is 11.1. The fourth-order valence-electron chi connectivity index (χ4n) is 10.1. The number of thiophene rings is 1. The summed E-state index contributed by atoms with van der Waals surface area (Å²) >= 11 is 1.73. The summed E-state index contributed by atoms with van der Waals surface area (Å²) in [6.45, 7) is 0. The summed E-state index contributed by atoms with van der Waals surface area (Å²) < 4.78 is 3.75. The first-order valence-corrected chi connectivity index (χ1v) is 21.3. The van der Waals surface area contributed by atoms with E-state index in [0.29, 0.717) is 0 Å². The molecule has 3 nitrogen and oxygen atoms in total. The van der Waals surface area contributed by atoms with Gasteiger partial charge in [-0.15, -0.1) is 11.3 Å². The summed E-state index contributed by atoms with van der Waals surface area (Å²) in [5.74, 6) is 0.131. The van der Waals surface area contributed by atoms with Crippen LogP contribution in [0, 0.1) is 0 Å². The Kier molecular flexibility index (Phi) is 7.07. The topological polar surface area (TPSA) is 30.7 Å². The average molecular weight is 770 g/mol. The van der Waals surface area contributed by atoms with Crippen molar-refractivity contribution in [1.82, 2.24) is 14.5 Å². The molecule has 2 aliphatic carbocycles. The number of nitrogens with zero attached hydrogens (tertiary/aromatic N) is 3. The van der Waals surface area contributed by atoms with E-state index < -0.39 is 0 Å². The molecule has 8 aromatic carbocycles. The lowest BCUT2D eigenvalue weighted by Crippen LogP contribution is -2.05. The van der Waals surface area contributed by atoms with Gasteiger partial charge in [-0.05, 0) is 85.6 Å². The van der Waals surface area contributed by atoms with Gasteiger partial charge in [0.25, 0.3) is 0 Å². The molecule has 13 rings (SSSR count). The molecule has 0 spiro atoms. The van der Waals surface area contributed by atoms with Crippen LogP contribution in [-0.4, -0.2) is 14.5 Å². The molecule has 0 bridgehead atoms. The molecule has 3 heterocycles. The van der Waals surface area contributed by atoms with Gasteiger partial charge in [-0.1, -0.05) is 158 Å². The molecule has 3 aromatic heterocycles. The minimum Gasteiger partial charge on any atom is -0.309 e. The monoisotopic (exact) mass is 769 g/mol. The number of fused-ring (bicyclic) bond motifs is 15. The number of rotatable bonds is 4. The van der Waals surface area contributed by atoms with Crippen molar-refractivity contribution in [2.75, 3.05) is 0 Å². The lowest BCUT2D eigenvalue weighted by Gasteiger charge is -2.19. The van der Waals surface area contributed by atoms with Crippen molar-refractivity contribution in [1.29, 1.82) is 0 Å². The number of hydrogen-bond acceptors (Lipinski definition) is 3. The van der Waals surface area contributed by atoms with Crippen LogP contribution in [0.3, 0.4) is 0 Å². The van der Waals surface area contributed by atoms with E-state index in [1.165, 1.54) is 92.5 Å². The first-order chi connectivity index (χ1) is 29.3. The molecule has 0 aliphatic heterocycles. The van der Waals surface area contributed by atoms with Crippen LogP contribution >= 0.6 is 11.3 Å². The second-order valence-corrected chi connectivity index (χ2v) is 17.0. The predicted molar refractivity (Wildman–Crippen MR) is 249 cm³/mol. The highest BCUT2D eigenvalue weighted by atomic mass is 32.1. The van der Waals surface area contributed by atoms with Crippen molar-refractivity contribution in [2.45, 2.75) is 18.8 Å². The van der Waals surface area contributed by atoms with Crippen molar-refractivity contribution in [3.05, 3.63) is 204 Å². The predicted octanol–water partition coefficient (Wildman–Crippen LogP) is 14.6. The van der Waals surface area contributed by atoms with Crippen LogP contribution in [0.4, 0.5) is 0 Å². The number of para-hydroxylation sites is 1. The molecule has 0 saturated carbocycles. The Labute approximate surface area is 344 Å². The quantitative estimate of drug-likeness (QED) is 0.178. The minimum atomic E-state index is 0.131. The molecule has 0 saturated heterocycles. The van der Waals surface area contributed by atoms with E-state index in [0.717, 1.165) is 40.1 Å². The van der Waals surface area contributed by atoms with Gasteiger partial charge >= 0.3 is 0 Å².